The van der Waals surface area contributed by atoms with Gasteiger partial charge >= 0.3 is 0 Å². The van der Waals surface area contributed by atoms with Crippen molar-refractivity contribution in [3.63, 3.8) is 0 Å². The fourth-order valence-electron chi connectivity index (χ4n) is 2.13. The molecule has 2 aromatic heterocycles. The zero-order chi connectivity index (χ0) is 14.7. The molecule has 0 fully saturated rings. The fraction of sp³-hybridized carbons (Fsp3) is 0.467. The van der Waals surface area contributed by atoms with Crippen molar-refractivity contribution < 1.29 is 4.79 Å². The molecule has 0 aliphatic heterocycles. The van der Waals surface area contributed by atoms with Crippen LogP contribution >= 0.6 is 11.3 Å². The maximum Gasteiger partial charge on any atom is 0.239 e. The SMILES string of the molecule is CCN(C)C(=O)C(C)NC(C)c1cnc2ccsc2c1. The predicted octanol–water partition coefficient (Wildman–Crippen LogP) is 2.81. The van der Waals surface area contributed by atoms with Crippen molar-refractivity contribution in [2.45, 2.75) is 32.9 Å². The number of pyridine rings is 1. The number of carbonyl (C=O) groups excluding carboxylic acids is 1. The van der Waals surface area contributed by atoms with Crippen molar-refractivity contribution in [1.82, 2.24) is 15.2 Å². The van der Waals surface area contributed by atoms with E-state index in [1.165, 1.54) is 4.70 Å². The van der Waals surface area contributed by atoms with Gasteiger partial charge in [0.1, 0.15) is 0 Å². The minimum absolute atomic E-state index is 0.0956. The maximum absolute atomic E-state index is 12.1. The molecule has 20 heavy (non-hydrogen) atoms. The highest BCUT2D eigenvalue weighted by Gasteiger charge is 2.19. The Morgan fingerprint density at radius 3 is 2.95 bits per heavy atom. The summed E-state index contributed by atoms with van der Waals surface area (Å²) in [5.74, 6) is 0.115. The molecule has 5 heteroatoms. The van der Waals surface area contributed by atoms with E-state index < -0.39 is 0 Å². The number of hydrogen-bond acceptors (Lipinski definition) is 4. The van der Waals surface area contributed by atoms with E-state index in [-0.39, 0.29) is 18.0 Å². The molecule has 0 spiro atoms. The van der Waals surface area contributed by atoms with Gasteiger partial charge in [0.15, 0.2) is 0 Å². The van der Waals surface area contributed by atoms with Crippen LogP contribution in [0.25, 0.3) is 10.2 Å². The van der Waals surface area contributed by atoms with Crippen molar-refractivity contribution in [3.8, 4) is 0 Å². The van der Waals surface area contributed by atoms with Gasteiger partial charge in [-0.2, -0.15) is 0 Å². The van der Waals surface area contributed by atoms with Gasteiger partial charge in [-0.15, -0.1) is 11.3 Å². The number of thiophene rings is 1. The van der Waals surface area contributed by atoms with Gasteiger partial charge in [0.05, 0.1) is 16.3 Å². The number of aromatic nitrogens is 1. The second-order valence-electron chi connectivity index (χ2n) is 5.04. The molecule has 2 rings (SSSR count). The minimum Gasteiger partial charge on any atom is -0.345 e. The molecule has 2 unspecified atom stereocenters. The van der Waals surface area contributed by atoms with E-state index in [9.17, 15) is 4.79 Å². The van der Waals surface area contributed by atoms with Crippen molar-refractivity contribution >= 4 is 27.5 Å². The topological polar surface area (TPSA) is 45.2 Å². The maximum atomic E-state index is 12.1. The molecule has 1 amide bonds. The van der Waals surface area contributed by atoms with Crippen LogP contribution in [0.15, 0.2) is 23.7 Å². The van der Waals surface area contributed by atoms with E-state index in [0.717, 1.165) is 17.6 Å². The van der Waals surface area contributed by atoms with Crippen LogP contribution in [0.5, 0.6) is 0 Å². The van der Waals surface area contributed by atoms with Gasteiger partial charge in [0.25, 0.3) is 0 Å². The van der Waals surface area contributed by atoms with Gasteiger partial charge in [0, 0.05) is 25.8 Å². The van der Waals surface area contributed by atoms with Crippen molar-refractivity contribution in [3.05, 3.63) is 29.3 Å². The molecule has 2 aromatic rings. The summed E-state index contributed by atoms with van der Waals surface area (Å²) in [5, 5.41) is 5.38. The molecule has 0 radical (unpaired) electrons. The van der Waals surface area contributed by atoms with Crippen LogP contribution in [-0.4, -0.2) is 35.4 Å². The standard InChI is InChI=1S/C15H21N3OS/c1-5-18(4)15(19)11(3)17-10(2)12-8-14-13(16-9-12)6-7-20-14/h6-11,17H,5H2,1-4H3. The van der Waals surface area contributed by atoms with Gasteiger partial charge in [-0.1, -0.05) is 0 Å². The molecule has 2 atom stereocenters. The summed E-state index contributed by atoms with van der Waals surface area (Å²) in [6, 6.07) is 4.06. The summed E-state index contributed by atoms with van der Waals surface area (Å²) >= 11 is 1.69. The summed E-state index contributed by atoms with van der Waals surface area (Å²) in [4.78, 5) is 18.2. The monoisotopic (exact) mass is 291 g/mol. The summed E-state index contributed by atoms with van der Waals surface area (Å²) in [7, 11) is 1.82. The highest BCUT2D eigenvalue weighted by molar-refractivity contribution is 7.17. The molecule has 1 N–H and O–H groups in total. The average Bonchev–Trinajstić information content (AvgIpc) is 2.92. The number of hydrogen-bond donors (Lipinski definition) is 1. The first-order chi connectivity index (χ1) is 9.52. The lowest BCUT2D eigenvalue weighted by atomic mass is 10.1. The van der Waals surface area contributed by atoms with Crippen LogP contribution in [0.4, 0.5) is 0 Å². The number of likely N-dealkylation sites (N-methyl/N-ethyl adjacent to an activating group) is 1. The van der Waals surface area contributed by atoms with Crippen LogP contribution in [0, 0.1) is 0 Å². The first kappa shape index (κ1) is 14.9. The van der Waals surface area contributed by atoms with Gasteiger partial charge in [0.2, 0.25) is 5.91 Å². The fourth-order valence-corrected chi connectivity index (χ4v) is 2.92. The van der Waals surface area contributed by atoms with E-state index in [4.69, 9.17) is 0 Å². The van der Waals surface area contributed by atoms with Crippen LogP contribution in [0.3, 0.4) is 0 Å². The normalized spacial score (nSPS) is 14.2. The largest absolute Gasteiger partial charge is 0.345 e. The van der Waals surface area contributed by atoms with Gasteiger partial charge in [-0.05, 0) is 43.8 Å². The third kappa shape index (κ3) is 3.16. The molecule has 2 heterocycles. The van der Waals surface area contributed by atoms with E-state index >= 15 is 0 Å². The first-order valence-electron chi connectivity index (χ1n) is 6.87. The van der Waals surface area contributed by atoms with E-state index in [1.54, 1.807) is 16.2 Å². The van der Waals surface area contributed by atoms with Crippen LogP contribution < -0.4 is 5.32 Å². The molecule has 108 valence electrons. The smallest absolute Gasteiger partial charge is 0.239 e. The lowest BCUT2D eigenvalue weighted by molar-refractivity contribution is -0.131. The molecular formula is C15H21N3OS. The van der Waals surface area contributed by atoms with Gasteiger partial charge in [-0.25, -0.2) is 0 Å². The number of carbonyl (C=O) groups is 1. The Kier molecular flexibility index (Phi) is 4.73. The summed E-state index contributed by atoms with van der Waals surface area (Å²) in [5.41, 5.74) is 2.14. The highest BCUT2D eigenvalue weighted by atomic mass is 32.1. The Bertz CT molecular complexity index is 596. The molecule has 4 nitrogen and oxygen atoms in total. The molecular weight excluding hydrogens is 270 g/mol. The number of rotatable bonds is 5. The van der Waals surface area contributed by atoms with Crippen LogP contribution in [0.2, 0.25) is 0 Å². The quantitative estimate of drug-likeness (QED) is 0.921. The Hall–Kier alpha value is -1.46. The summed E-state index contributed by atoms with van der Waals surface area (Å²) in [6.07, 6.45) is 1.88. The lowest BCUT2D eigenvalue weighted by Gasteiger charge is -2.24. The van der Waals surface area contributed by atoms with E-state index in [2.05, 4.69) is 23.3 Å². The van der Waals surface area contributed by atoms with Crippen LogP contribution in [0.1, 0.15) is 32.4 Å². The number of nitrogens with zero attached hydrogens (tertiary/aromatic N) is 2. The van der Waals surface area contributed by atoms with Crippen LogP contribution in [-0.2, 0) is 4.79 Å². The van der Waals surface area contributed by atoms with Gasteiger partial charge in [-0.3, -0.25) is 15.1 Å². The Morgan fingerprint density at radius 2 is 2.25 bits per heavy atom. The van der Waals surface area contributed by atoms with Crippen molar-refractivity contribution in [1.29, 1.82) is 0 Å². The Balaban J connectivity index is 2.07. The Morgan fingerprint density at radius 1 is 1.50 bits per heavy atom. The molecule has 0 aromatic carbocycles. The minimum atomic E-state index is -0.200. The number of fused-ring (bicyclic) bond motifs is 1. The second kappa shape index (κ2) is 6.33. The third-order valence-electron chi connectivity index (χ3n) is 3.54. The average molecular weight is 291 g/mol. The Labute approximate surface area is 123 Å². The molecule has 0 aliphatic rings. The number of amides is 1. The van der Waals surface area contributed by atoms with Crippen molar-refractivity contribution in [2.75, 3.05) is 13.6 Å². The number of nitrogens with one attached hydrogen (secondary N) is 1. The predicted molar refractivity (Wildman–Crippen MR) is 83.9 cm³/mol. The van der Waals surface area contributed by atoms with E-state index in [0.29, 0.717) is 0 Å². The molecule has 0 bridgehead atoms. The zero-order valence-corrected chi connectivity index (χ0v) is 13.2. The second-order valence-corrected chi connectivity index (χ2v) is 5.98. The summed E-state index contributed by atoms with van der Waals surface area (Å²) in [6.45, 7) is 6.67. The highest BCUT2D eigenvalue weighted by Crippen LogP contribution is 2.22. The van der Waals surface area contributed by atoms with E-state index in [1.807, 2.05) is 38.5 Å². The van der Waals surface area contributed by atoms with Gasteiger partial charge < -0.3 is 4.90 Å². The lowest BCUT2D eigenvalue weighted by Crippen LogP contribution is -2.43. The summed E-state index contributed by atoms with van der Waals surface area (Å²) < 4.78 is 1.18. The molecule has 0 saturated heterocycles. The first-order valence-corrected chi connectivity index (χ1v) is 7.75. The third-order valence-corrected chi connectivity index (χ3v) is 4.40. The van der Waals surface area contributed by atoms with Crippen molar-refractivity contribution in [2.24, 2.45) is 0 Å². The molecule has 0 aliphatic carbocycles. The zero-order valence-electron chi connectivity index (χ0n) is 12.4. The molecule has 0 saturated carbocycles.